The van der Waals surface area contributed by atoms with Gasteiger partial charge in [-0.2, -0.15) is 13.2 Å². The van der Waals surface area contributed by atoms with Crippen molar-refractivity contribution < 1.29 is 18.0 Å². The number of nitrogens with one attached hydrogen (secondary N) is 2. The number of amides is 2. The van der Waals surface area contributed by atoms with Gasteiger partial charge in [-0.05, 0) is 49.8 Å². The molecule has 2 rings (SSSR count). The normalized spacial score (nSPS) is 22.7. The maximum Gasteiger partial charge on any atom is 0.416 e. The number of benzene rings is 1. The fraction of sp³-hybridized carbons (Fsp3) is 0.533. The van der Waals surface area contributed by atoms with E-state index in [1.165, 1.54) is 12.1 Å². The Morgan fingerprint density at radius 3 is 2.48 bits per heavy atom. The minimum Gasteiger partial charge on any atom is -0.335 e. The molecule has 1 aliphatic rings. The Labute approximate surface area is 121 Å². The molecule has 0 bridgehead atoms. The van der Waals surface area contributed by atoms with Crippen molar-refractivity contribution in [3.8, 4) is 0 Å². The number of hydrogen-bond acceptors (Lipinski definition) is 1. The summed E-state index contributed by atoms with van der Waals surface area (Å²) in [5.41, 5.74) is -0.627. The number of carbonyl (C=O) groups excluding carboxylic acids is 1. The predicted octanol–water partition coefficient (Wildman–Crippen LogP) is 4.41. The lowest BCUT2D eigenvalue weighted by Crippen LogP contribution is -2.39. The summed E-state index contributed by atoms with van der Waals surface area (Å²) in [6.07, 6.45) is -0.453. The molecule has 2 amide bonds. The molecule has 0 radical (unpaired) electrons. The number of hydrogen-bond donors (Lipinski definition) is 2. The van der Waals surface area contributed by atoms with E-state index in [0.717, 1.165) is 37.8 Å². The largest absolute Gasteiger partial charge is 0.416 e. The van der Waals surface area contributed by atoms with Crippen molar-refractivity contribution in [1.82, 2.24) is 5.32 Å². The van der Waals surface area contributed by atoms with E-state index in [1.54, 1.807) is 0 Å². The van der Waals surface area contributed by atoms with E-state index in [9.17, 15) is 18.0 Å². The third-order valence-corrected chi connectivity index (χ3v) is 3.80. The molecule has 0 saturated heterocycles. The van der Waals surface area contributed by atoms with Gasteiger partial charge >= 0.3 is 12.2 Å². The van der Waals surface area contributed by atoms with Crippen LogP contribution in [0.3, 0.4) is 0 Å². The first kappa shape index (κ1) is 15.7. The van der Waals surface area contributed by atoms with E-state index >= 15 is 0 Å². The first-order valence-corrected chi connectivity index (χ1v) is 7.09. The van der Waals surface area contributed by atoms with Crippen molar-refractivity contribution in [3.63, 3.8) is 0 Å². The Kier molecular flexibility index (Phi) is 4.75. The van der Waals surface area contributed by atoms with Gasteiger partial charge in [0.25, 0.3) is 0 Å². The highest BCUT2D eigenvalue weighted by molar-refractivity contribution is 5.89. The van der Waals surface area contributed by atoms with E-state index in [0.29, 0.717) is 5.92 Å². The third-order valence-electron chi connectivity index (χ3n) is 3.80. The summed E-state index contributed by atoms with van der Waals surface area (Å²) in [7, 11) is 0. The summed E-state index contributed by atoms with van der Waals surface area (Å²) < 4.78 is 37.8. The first-order valence-electron chi connectivity index (χ1n) is 7.09. The lowest BCUT2D eigenvalue weighted by Gasteiger charge is -2.26. The molecule has 1 fully saturated rings. The lowest BCUT2D eigenvalue weighted by atomic mass is 9.87. The van der Waals surface area contributed by atoms with Gasteiger partial charge in [0.15, 0.2) is 0 Å². The molecule has 0 unspecified atom stereocenters. The summed E-state index contributed by atoms with van der Waals surface area (Å²) >= 11 is 0. The molecule has 1 aliphatic carbocycles. The standard InChI is InChI=1S/C15H19F3N2O/c1-10-5-7-12(8-6-10)19-14(21)20-13-4-2-3-11(9-13)15(16,17)18/h2-4,9-10,12H,5-8H2,1H3,(H2,19,20,21). The zero-order chi connectivity index (χ0) is 15.5. The number of halogens is 3. The zero-order valence-electron chi connectivity index (χ0n) is 11.8. The summed E-state index contributed by atoms with van der Waals surface area (Å²) in [6.45, 7) is 2.18. The van der Waals surface area contributed by atoms with Crippen LogP contribution in [0.1, 0.15) is 38.2 Å². The molecule has 6 heteroatoms. The van der Waals surface area contributed by atoms with Crippen molar-refractivity contribution in [2.75, 3.05) is 5.32 Å². The van der Waals surface area contributed by atoms with Crippen LogP contribution in [-0.4, -0.2) is 12.1 Å². The molecule has 21 heavy (non-hydrogen) atoms. The van der Waals surface area contributed by atoms with Crippen LogP contribution < -0.4 is 10.6 Å². The topological polar surface area (TPSA) is 41.1 Å². The third kappa shape index (κ3) is 4.65. The van der Waals surface area contributed by atoms with E-state index in [1.807, 2.05) is 0 Å². The molecule has 0 heterocycles. The summed E-state index contributed by atoms with van der Waals surface area (Å²) in [5, 5.41) is 5.28. The number of rotatable bonds is 2. The number of alkyl halides is 3. The number of urea groups is 1. The monoisotopic (exact) mass is 300 g/mol. The molecule has 0 aromatic heterocycles. The molecular weight excluding hydrogens is 281 g/mol. The van der Waals surface area contributed by atoms with Crippen molar-refractivity contribution in [2.24, 2.45) is 5.92 Å². The molecule has 0 aliphatic heterocycles. The van der Waals surface area contributed by atoms with Crippen LogP contribution in [0, 0.1) is 5.92 Å². The average molecular weight is 300 g/mol. The van der Waals surface area contributed by atoms with Gasteiger partial charge < -0.3 is 10.6 Å². The quantitative estimate of drug-likeness (QED) is 0.834. The highest BCUT2D eigenvalue weighted by Crippen LogP contribution is 2.30. The molecule has 1 aromatic rings. The van der Waals surface area contributed by atoms with Gasteiger partial charge in [0, 0.05) is 11.7 Å². The van der Waals surface area contributed by atoms with Crippen molar-refractivity contribution in [2.45, 2.75) is 44.8 Å². The second-order valence-electron chi connectivity index (χ2n) is 5.63. The Morgan fingerprint density at radius 1 is 1.19 bits per heavy atom. The highest BCUT2D eigenvalue weighted by atomic mass is 19.4. The SMILES string of the molecule is CC1CCC(NC(=O)Nc2cccc(C(F)(F)F)c2)CC1. The van der Waals surface area contributed by atoms with Crippen LogP contribution in [0.15, 0.2) is 24.3 Å². The second-order valence-corrected chi connectivity index (χ2v) is 5.63. The molecule has 2 N–H and O–H groups in total. The van der Waals surface area contributed by atoms with Crippen LogP contribution in [-0.2, 0) is 6.18 Å². The maximum atomic E-state index is 12.6. The molecular formula is C15H19F3N2O. The number of anilines is 1. The van der Waals surface area contributed by atoms with E-state index < -0.39 is 17.8 Å². The van der Waals surface area contributed by atoms with E-state index in [-0.39, 0.29) is 11.7 Å². The Hall–Kier alpha value is -1.72. The minimum absolute atomic E-state index is 0.104. The summed E-state index contributed by atoms with van der Waals surface area (Å²) in [6, 6.07) is 4.29. The lowest BCUT2D eigenvalue weighted by molar-refractivity contribution is -0.137. The van der Waals surface area contributed by atoms with E-state index in [2.05, 4.69) is 17.6 Å². The molecule has 3 nitrogen and oxygen atoms in total. The van der Waals surface area contributed by atoms with Crippen LogP contribution >= 0.6 is 0 Å². The molecule has 1 aromatic carbocycles. The molecule has 1 saturated carbocycles. The van der Waals surface area contributed by atoms with E-state index in [4.69, 9.17) is 0 Å². The van der Waals surface area contributed by atoms with Crippen LogP contribution in [0.2, 0.25) is 0 Å². The summed E-state index contributed by atoms with van der Waals surface area (Å²) in [4.78, 5) is 11.8. The maximum absolute atomic E-state index is 12.6. The van der Waals surface area contributed by atoms with Crippen molar-refractivity contribution in [3.05, 3.63) is 29.8 Å². The van der Waals surface area contributed by atoms with Gasteiger partial charge in [0.2, 0.25) is 0 Å². The molecule has 0 spiro atoms. The first-order chi connectivity index (χ1) is 9.84. The zero-order valence-corrected chi connectivity index (χ0v) is 11.8. The minimum atomic E-state index is -4.41. The fourth-order valence-electron chi connectivity index (χ4n) is 2.53. The number of carbonyl (C=O) groups is 1. The average Bonchev–Trinajstić information content (AvgIpc) is 2.41. The van der Waals surface area contributed by atoms with Crippen LogP contribution in [0.5, 0.6) is 0 Å². The Balaban J connectivity index is 1.91. The smallest absolute Gasteiger partial charge is 0.335 e. The van der Waals surface area contributed by atoms with Crippen LogP contribution in [0.25, 0.3) is 0 Å². The fourth-order valence-corrected chi connectivity index (χ4v) is 2.53. The van der Waals surface area contributed by atoms with Gasteiger partial charge in [0.05, 0.1) is 5.56 Å². The Bertz CT molecular complexity index is 494. The van der Waals surface area contributed by atoms with Crippen molar-refractivity contribution >= 4 is 11.7 Å². The van der Waals surface area contributed by atoms with Gasteiger partial charge in [0.1, 0.15) is 0 Å². The predicted molar refractivity (Wildman–Crippen MR) is 75.0 cm³/mol. The molecule has 116 valence electrons. The molecule has 0 atom stereocenters. The van der Waals surface area contributed by atoms with Gasteiger partial charge in [-0.25, -0.2) is 4.79 Å². The highest BCUT2D eigenvalue weighted by Gasteiger charge is 2.30. The van der Waals surface area contributed by atoms with Gasteiger partial charge in [-0.1, -0.05) is 13.0 Å². The Morgan fingerprint density at radius 2 is 1.86 bits per heavy atom. The van der Waals surface area contributed by atoms with Gasteiger partial charge in [-0.3, -0.25) is 0 Å². The van der Waals surface area contributed by atoms with Crippen molar-refractivity contribution in [1.29, 1.82) is 0 Å². The van der Waals surface area contributed by atoms with Gasteiger partial charge in [-0.15, -0.1) is 0 Å². The van der Waals surface area contributed by atoms with Crippen LogP contribution in [0.4, 0.5) is 23.7 Å². The summed E-state index contributed by atoms with van der Waals surface area (Å²) in [5.74, 6) is 0.676. The second kappa shape index (κ2) is 6.37.